The van der Waals surface area contributed by atoms with Crippen molar-refractivity contribution in [2.24, 2.45) is 0 Å². The van der Waals surface area contributed by atoms with E-state index in [9.17, 15) is 5.26 Å². The van der Waals surface area contributed by atoms with Gasteiger partial charge in [0.1, 0.15) is 6.07 Å². The molecule has 2 heterocycles. The van der Waals surface area contributed by atoms with Gasteiger partial charge in [0.15, 0.2) is 0 Å². The molecule has 0 spiro atoms. The molecule has 154 valence electrons. The molecule has 0 fully saturated rings. The molecule has 0 bridgehead atoms. The number of unbranched alkanes of at least 4 members (excludes halogenated alkanes) is 4. The highest BCUT2D eigenvalue weighted by Gasteiger charge is 2.21. The van der Waals surface area contributed by atoms with Crippen molar-refractivity contribution < 1.29 is 0 Å². The van der Waals surface area contributed by atoms with Crippen LogP contribution < -0.4 is 0 Å². The lowest BCUT2D eigenvalue weighted by Gasteiger charge is -2.11. The molecule has 30 heavy (non-hydrogen) atoms. The number of aryl methyl sites for hydroxylation is 2. The summed E-state index contributed by atoms with van der Waals surface area (Å²) in [5.41, 5.74) is 5.51. The van der Waals surface area contributed by atoms with Crippen LogP contribution >= 0.6 is 0 Å². The topological polar surface area (TPSA) is 33.6 Å². The Morgan fingerprint density at radius 1 is 0.767 bits per heavy atom. The minimum absolute atomic E-state index is 0.804. The summed E-state index contributed by atoms with van der Waals surface area (Å²) in [5, 5.41) is 12.4. The third-order valence-corrected chi connectivity index (χ3v) is 6.11. The van der Waals surface area contributed by atoms with Crippen LogP contribution in [0, 0.1) is 11.3 Å². The first-order chi connectivity index (χ1) is 14.8. The standard InChI is InChI=1S/C27H31N3/c1-3-5-11-17-29-20-24(22-14-7-9-15-25(22)29)27-23(19-28)21-13-8-10-16-26(21)30(27)18-12-6-4-2/h7-10,13-16,20H,3-6,11-12,17-18H2,1-2H3. The number of benzene rings is 2. The molecule has 0 saturated heterocycles. The van der Waals surface area contributed by atoms with Gasteiger partial charge in [0.05, 0.1) is 11.3 Å². The zero-order valence-corrected chi connectivity index (χ0v) is 18.2. The molecular weight excluding hydrogens is 366 g/mol. The van der Waals surface area contributed by atoms with Gasteiger partial charge in [0.2, 0.25) is 0 Å². The number of aromatic nitrogens is 2. The van der Waals surface area contributed by atoms with Crippen molar-refractivity contribution in [1.82, 2.24) is 9.13 Å². The molecule has 0 radical (unpaired) electrons. The minimum Gasteiger partial charge on any atom is -0.347 e. The highest BCUT2D eigenvalue weighted by molar-refractivity contribution is 6.02. The summed E-state index contributed by atoms with van der Waals surface area (Å²) in [6.07, 6.45) is 9.44. The van der Waals surface area contributed by atoms with Gasteiger partial charge in [-0.3, -0.25) is 0 Å². The summed E-state index contributed by atoms with van der Waals surface area (Å²) in [6, 6.07) is 19.6. The summed E-state index contributed by atoms with van der Waals surface area (Å²) in [7, 11) is 0. The van der Waals surface area contributed by atoms with Gasteiger partial charge in [-0.05, 0) is 25.0 Å². The second-order valence-electron chi connectivity index (χ2n) is 8.17. The molecule has 0 aliphatic heterocycles. The van der Waals surface area contributed by atoms with Crippen molar-refractivity contribution in [3.8, 4) is 17.3 Å². The van der Waals surface area contributed by atoms with E-state index in [1.54, 1.807) is 0 Å². The number of para-hydroxylation sites is 2. The number of hydrogen-bond acceptors (Lipinski definition) is 1. The fourth-order valence-electron chi connectivity index (χ4n) is 4.60. The summed E-state index contributed by atoms with van der Waals surface area (Å²) in [4.78, 5) is 0. The molecule has 0 aliphatic carbocycles. The van der Waals surface area contributed by atoms with E-state index in [1.807, 2.05) is 6.07 Å². The van der Waals surface area contributed by atoms with Crippen LogP contribution in [0.4, 0.5) is 0 Å². The molecule has 4 rings (SSSR count). The Morgan fingerprint density at radius 2 is 1.40 bits per heavy atom. The van der Waals surface area contributed by atoms with Crippen molar-refractivity contribution in [3.05, 3.63) is 60.3 Å². The first-order valence-electron chi connectivity index (χ1n) is 11.4. The molecular formula is C27H31N3. The van der Waals surface area contributed by atoms with Gasteiger partial charge in [-0.1, -0.05) is 75.9 Å². The minimum atomic E-state index is 0.804. The molecule has 0 aliphatic rings. The second kappa shape index (κ2) is 9.22. The third kappa shape index (κ3) is 3.63. The Bertz CT molecular complexity index is 1190. The summed E-state index contributed by atoms with van der Waals surface area (Å²) >= 11 is 0. The molecule has 3 heteroatoms. The van der Waals surface area contributed by atoms with Crippen molar-refractivity contribution >= 4 is 21.8 Å². The van der Waals surface area contributed by atoms with E-state index in [4.69, 9.17) is 0 Å². The van der Waals surface area contributed by atoms with Crippen LogP contribution in [0.25, 0.3) is 33.1 Å². The van der Waals surface area contributed by atoms with E-state index >= 15 is 0 Å². The SMILES string of the molecule is CCCCCn1cc(-c2c(C#N)c3ccccc3n2CCCCC)c2ccccc21. The van der Waals surface area contributed by atoms with E-state index < -0.39 is 0 Å². The Kier molecular flexibility index (Phi) is 6.23. The van der Waals surface area contributed by atoms with Crippen LogP contribution in [0.3, 0.4) is 0 Å². The molecule has 2 aromatic heterocycles. The lowest BCUT2D eigenvalue weighted by molar-refractivity contribution is 0.614. The van der Waals surface area contributed by atoms with Gasteiger partial charge in [0.25, 0.3) is 0 Å². The Balaban J connectivity index is 1.93. The molecule has 0 unspecified atom stereocenters. The predicted octanol–water partition coefficient (Wildman–Crippen LogP) is 7.52. The number of nitrogens with zero attached hydrogens (tertiary/aromatic N) is 3. The molecule has 0 atom stereocenters. The Morgan fingerprint density at radius 3 is 2.10 bits per heavy atom. The highest BCUT2D eigenvalue weighted by Crippen LogP contribution is 2.38. The smallest absolute Gasteiger partial charge is 0.102 e. The normalized spacial score (nSPS) is 11.4. The van der Waals surface area contributed by atoms with E-state index in [0.717, 1.165) is 36.2 Å². The number of hydrogen-bond donors (Lipinski definition) is 0. The van der Waals surface area contributed by atoms with Gasteiger partial charge in [-0.2, -0.15) is 5.26 Å². The van der Waals surface area contributed by atoms with E-state index in [0.29, 0.717) is 0 Å². The molecule has 3 nitrogen and oxygen atoms in total. The van der Waals surface area contributed by atoms with E-state index in [2.05, 4.69) is 77.7 Å². The maximum Gasteiger partial charge on any atom is 0.102 e. The lowest BCUT2D eigenvalue weighted by Crippen LogP contribution is -2.01. The number of rotatable bonds is 9. The highest BCUT2D eigenvalue weighted by atomic mass is 15.0. The maximum atomic E-state index is 10.1. The summed E-state index contributed by atoms with van der Waals surface area (Å²) in [5.74, 6) is 0. The van der Waals surface area contributed by atoms with Gasteiger partial charge < -0.3 is 9.13 Å². The van der Waals surface area contributed by atoms with Crippen LogP contribution in [0.1, 0.15) is 57.9 Å². The van der Waals surface area contributed by atoms with Gasteiger partial charge in [0, 0.05) is 46.7 Å². The van der Waals surface area contributed by atoms with Crippen molar-refractivity contribution in [1.29, 1.82) is 5.26 Å². The molecule has 4 aromatic rings. The van der Waals surface area contributed by atoms with Crippen LogP contribution in [-0.2, 0) is 13.1 Å². The number of fused-ring (bicyclic) bond motifs is 2. The summed E-state index contributed by atoms with van der Waals surface area (Å²) in [6.45, 7) is 6.44. The van der Waals surface area contributed by atoms with Crippen molar-refractivity contribution in [2.45, 2.75) is 65.5 Å². The van der Waals surface area contributed by atoms with Crippen LogP contribution in [0.15, 0.2) is 54.7 Å². The van der Waals surface area contributed by atoms with Gasteiger partial charge in [-0.25, -0.2) is 0 Å². The second-order valence-corrected chi connectivity index (χ2v) is 8.17. The Labute approximate surface area is 179 Å². The average Bonchev–Trinajstić information content (AvgIpc) is 3.30. The zero-order chi connectivity index (χ0) is 20.9. The lowest BCUT2D eigenvalue weighted by atomic mass is 10.1. The number of nitriles is 1. The van der Waals surface area contributed by atoms with Crippen LogP contribution in [0.5, 0.6) is 0 Å². The summed E-state index contributed by atoms with van der Waals surface area (Å²) < 4.78 is 4.78. The van der Waals surface area contributed by atoms with Crippen LogP contribution in [0.2, 0.25) is 0 Å². The molecule has 0 N–H and O–H groups in total. The maximum absolute atomic E-state index is 10.1. The fraction of sp³-hybridized carbons (Fsp3) is 0.370. The average molecular weight is 398 g/mol. The largest absolute Gasteiger partial charge is 0.347 e. The first-order valence-corrected chi connectivity index (χ1v) is 11.4. The van der Waals surface area contributed by atoms with Gasteiger partial charge in [-0.15, -0.1) is 0 Å². The molecule has 2 aromatic carbocycles. The van der Waals surface area contributed by atoms with Crippen molar-refractivity contribution in [3.63, 3.8) is 0 Å². The first kappa shape index (κ1) is 20.3. The van der Waals surface area contributed by atoms with Crippen molar-refractivity contribution in [2.75, 3.05) is 0 Å². The molecule has 0 saturated carbocycles. The van der Waals surface area contributed by atoms with E-state index in [1.165, 1.54) is 54.1 Å². The van der Waals surface area contributed by atoms with Gasteiger partial charge >= 0.3 is 0 Å². The zero-order valence-electron chi connectivity index (χ0n) is 18.2. The molecule has 0 amide bonds. The fourth-order valence-corrected chi connectivity index (χ4v) is 4.60. The Hall–Kier alpha value is -2.99. The third-order valence-electron chi connectivity index (χ3n) is 6.11. The predicted molar refractivity (Wildman–Crippen MR) is 127 cm³/mol. The van der Waals surface area contributed by atoms with Crippen LogP contribution in [-0.4, -0.2) is 9.13 Å². The monoisotopic (exact) mass is 397 g/mol. The quantitative estimate of drug-likeness (QED) is 0.269. The van der Waals surface area contributed by atoms with E-state index in [-0.39, 0.29) is 0 Å².